The van der Waals surface area contributed by atoms with E-state index >= 15 is 0 Å². The topological polar surface area (TPSA) is 46.6 Å². The van der Waals surface area contributed by atoms with Crippen molar-refractivity contribution in [1.29, 1.82) is 0 Å². The van der Waals surface area contributed by atoms with Gasteiger partial charge in [-0.1, -0.05) is 25.5 Å². The number of cyclic esters (lactones) is 1. The van der Waals surface area contributed by atoms with Crippen molar-refractivity contribution in [3.8, 4) is 0 Å². The van der Waals surface area contributed by atoms with Crippen LogP contribution in [0.1, 0.15) is 40.0 Å². The van der Waals surface area contributed by atoms with Crippen molar-refractivity contribution in [1.82, 2.24) is 4.90 Å². The third-order valence-electron chi connectivity index (χ3n) is 3.90. The van der Waals surface area contributed by atoms with Crippen molar-refractivity contribution in [2.45, 2.75) is 46.1 Å². The summed E-state index contributed by atoms with van der Waals surface area (Å²) in [6.45, 7) is 6.45. The average Bonchev–Trinajstić information content (AvgIpc) is 2.71. The van der Waals surface area contributed by atoms with Gasteiger partial charge in [-0.05, 0) is 32.1 Å². The lowest BCUT2D eigenvalue weighted by Crippen LogP contribution is -2.45. The number of hydrogen-bond donors (Lipinski definition) is 0. The number of allylic oxidation sites excluding steroid dienone is 2. The number of carbonyl (C=O) groups excluding carboxylic acids is 2. The molecule has 0 aromatic carbocycles. The first-order chi connectivity index (χ1) is 8.50. The molecule has 4 heteroatoms. The number of hydrogen-bond acceptors (Lipinski definition) is 3. The zero-order valence-corrected chi connectivity index (χ0v) is 11.3. The molecule has 0 spiro atoms. The molecule has 0 N–H and O–H groups in total. The Morgan fingerprint density at radius 3 is 2.78 bits per heavy atom. The normalized spacial score (nSPS) is 28.3. The monoisotopic (exact) mass is 251 g/mol. The summed E-state index contributed by atoms with van der Waals surface area (Å²) in [4.78, 5) is 25.5. The maximum Gasteiger partial charge on any atom is 0.416 e. The maximum absolute atomic E-state index is 12.4. The lowest BCUT2D eigenvalue weighted by Gasteiger charge is -2.28. The van der Waals surface area contributed by atoms with Crippen LogP contribution in [0, 0.1) is 11.8 Å². The predicted molar refractivity (Wildman–Crippen MR) is 67.9 cm³/mol. The smallest absolute Gasteiger partial charge is 0.416 e. The SMILES string of the molecule is CC1=CC[C@H](C(=O)N2C(=O)OC[C@H]2C(C)C)CC1. The summed E-state index contributed by atoms with van der Waals surface area (Å²) in [5, 5.41) is 0. The first kappa shape index (κ1) is 13.1. The molecule has 0 bridgehead atoms. The molecule has 2 rings (SSSR count). The van der Waals surface area contributed by atoms with Crippen LogP contribution in [-0.2, 0) is 9.53 Å². The van der Waals surface area contributed by atoms with E-state index in [1.165, 1.54) is 10.5 Å². The Kier molecular flexibility index (Phi) is 3.73. The zero-order chi connectivity index (χ0) is 13.3. The summed E-state index contributed by atoms with van der Waals surface area (Å²) in [5.74, 6) is 0.127. The minimum Gasteiger partial charge on any atom is -0.447 e. The molecular weight excluding hydrogens is 230 g/mol. The molecule has 0 saturated carbocycles. The van der Waals surface area contributed by atoms with Crippen LogP contribution in [0.2, 0.25) is 0 Å². The van der Waals surface area contributed by atoms with Gasteiger partial charge in [0.1, 0.15) is 6.61 Å². The van der Waals surface area contributed by atoms with Gasteiger partial charge >= 0.3 is 6.09 Å². The van der Waals surface area contributed by atoms with E-state index in [-0.39, 0.29) is 23.8 Å². The molecule has 0 radical (unpaired) electrons. The standard InChI is InChI=1S/C14H21NO3/c1-9(2)12-8-18-14(17)15(12)13(16)11-6-4-10(3)5-7-11/h4,9,11-12H,5-8H2,1-3H3/t11-,12-/m0/s1. The highest BCUT2D eigenvalue weighted by atomic mass is 16.6. The van der Waals surface area contributed by atoms with Crippen molar-refractivity contribution in [3.63, 3.8) is 0 Å². The van der Waals surface area contributed by atoms with E-state index in [0.29, 0.717) is 6.61 Å². The van der Waals surface area contributed by atoms with E-state index in [2.05, 4.69) is 13.0 Å². The Morgan fingerprint density at radius 1 is 1.50 bits per heavy atom. The van der Waals surface area contributed by atoms with E-state index in [0.717, 1.165) is 19.3 Å². The molecule has 18 heavy (non-hydrogen) atoms. The van der Waals surface area contributed by atoms with Gasteiger partial charge in [0.05, 0.1) is 6.04 Å². The Bertz CT molecular complexity index is 387. The minimum absolute atomic E-state index is 0.0550. The zero-order valence-electron chi connectivity index (χ0n) is 11.3. The lowest BCUT2D eigenvalue weighted by atomic mass is 9.88. The summed E-state index contributed by atoms with van der Waals surface area (Å²) in [6.07, 6.45) is 4.18. The molecule has 1 aliphatic carbocycles. The summed E-state index contributed by atoms with van der Waals surface area (Å²) < 4.78 is 5.02. The van der Waals surface area contributed by atoms with E-state index < -0.39 is 6.09 Å². The van der Waals surface area contributed by atoms with Gasteiger partial charge in [0.2, 0.25) is 5.91 Å². The van der Waals surface area contributed by atoms with Crippen LogP contribution in [0.3, 0.4) is 0 Å². The second kappa shape index (κ2) is 5.12. The molecule has 2 amide bonds. The van der Waals surface area contributed by atoms with Gasteiger partial charge in [-0.15, -0.1) is 0 Å². The number of imide groups is 1. The number of rotatable bonds is 2. The van der Waals surface area contributed by atoms with Crippen LogP contribution in [0.15, 0.2) is 11.6 Å². The predicted octanol–water partition coefficient (Wildman–Crippen LogP) is 2.74. The van der Waals surface area contributed by atoms with Crippen molar-refractivity contribution in [2.24, 2.45) is 11.8 Å². The summed E-state index contributed by atoms with van der Waals surface area (Å²) in [5.41, 5.74) is 1.34. The van der Waals surface area contributed by atoms with E-state index in [4.69, 9.17) is 4.74 Å². The Hall–Kier alpha value is -1.32. The highest BCUT2D eigenvalue weighted by Gasteiger charge is 2.41. The highest BCUT2D eigenvalue weighted by molar-refractivity contribution is 5.95. The molecule has 1 fully saturated rings. The van der Waals surface area contributed by atoms with Crippen molar-refractivity contribution in [3.05, 3.63) is 11.6 Å². The van der Waals surface area contributed by atoms with Crippen molar-refractivity contribution >= 4 is 12.0 Å². The molecule has 0 unspecified atom stereocenters. The third-order valence-corrected chi connectivity index (χ3v) is 3.90. The van der Waals surface area contributed by atoms with Crippen LogP contribution >= 0.6 is 0 Å². The number of amides is 2. The molecule has 0 aromatic heterocycles. The van der Waals surface area contributed by atoms with Gasteiger partial charge in [-0.2, -0.15) is 0 Å². The number of nitrogens with zero attached hydrogens (tertiary/aromatic N) is 1. The van der Waals surface area contributed by atoms with Gasteiger partial charge in [0.25, 0.3) is 0 Å². The van der Waals surface area contributed by atoms with Crippen LogP contribution in [-0.4, -0.2) is 29.5 Å². The summed E-state index contributed by atoms with van der Waals surface area (Å²) in [6, 6.07) is -0.1000. The fraction of sp³-hybridized carbons (Fsp3) is 0.714. The first-order valence-corrected chi connectivity index (χ1v) is 6.66. The van der Waals surface area contributed by atoms with Crippen LogP contribution < -0.4 is 0 Å². The van der Waals surface area contributed by atoms with Gasteiger partial charge in [-0.3, -0.25) is 4.79 Å². The van der Waals surface area contributed by atoms with Crippen LogP contribution in [0.25, 0.3) is 0 Å². The molecule has 1 saturated heterocycles. The van der Waals surface area contributed by atoms with Crippen LogP contribution in [0.5, 0.6) is 0 Å². The van der Waals surface area contributed by atoms with E-state index in [9.17, 15) is 9.59 Å². The number of carbonyl (C=O) groups is 2. The molecule has 4 nitrogen and oxygen atoms in total. The Balaban J connectivity index is 2.10. The summed E-state index contributed by atoms with van der Waals surface area (Å²) >= 11 is 0. The molecule has 1 heterocycles. The quantitative estimate of drug-likeness (QED) is 0.709. The molecule has 0 aromatic rings. The van der Waals surface area contributed by atoms with Gasteiger partial charge in [0.15, 0.2) is 0 Å². The minimum atomic E-state index is -0.468. The highest BCUT2D eigenvalue weighted by Crippen LogP contribution is 2.28. The first-order valence-electron chi connectivity index (χ1n) is 6.66. The van der Waals surface area contributed by atoms with E-state index in [1.54, 1.807) is 0 Å². The second-order valence-electron chi connectivity index (χ2n) is 5.62. The Morgan fingerprint density at radius 2 is 2.22 bits per heavy atom. The maximum atomic E-state index is 12.4. The van der Waals surface area contributed by atoms with Crippen molar-refractivity contribution < 1.29 is 14.3 Å². The largest absolute Gasteiger partial charge is 0.447 e. The van der Waals surface area contributed by atoms with Crippen LogP contribution in [0.4, 0.5) is 4.79 Å². The van der Waals surface area contributed by atoms with Gasteiger partial charge in [0, 0.05) is 5.92 Å². The van der Waals surface area contributed by atoms with Crippen molar-refractivity contribution in [2.75, 3.05) is 6.61 Å². The lowest BCUT2D eigenvalue weighted by molar-refractivity contribution is -0.134. The molecule has 2 aliphatic rings. The fourth-order valence-electron chi connectivity index (χ4n) is 2.57. The van der Waals surface area contributed by atoms with Gasteiger partial charge in [-0.25, -0.2) is 9.69 Å². The third kappa shape index (κ3) is 2.42. The Labute approximate surface area is 108 Å². The number of ether oxygens (including phenoxy) is 1. The molecule has 1 aliphatic heterocycles. The average molecular weight is 251 g/mol. The second-order valence-corrected chi connectivity index (χ2v) is 5.62. The fourth-order valence-corrected chi connectivity index (χ4v) is 2.57. The van der Waals surface area contributed by atoms with Gasteiger partial charge < -0.3 is 4.74 Å². The van der Waals surface area contributed by atoms with E-state index in [1.807, 2.05) is 13.8 Å². The summed E-state index contributed by atoms with van der Waals surface area (Å²) in [7, 11) is 0. The molecular formula is C14H21NO3. The molecule has 2 atom stereocenters. The molecule has 100 valence electrons.